The van der Waals surface area contributed by atoms with Crippen LogP contribution in [0.3, 0.4) is 0 Å². The Hall–Kier alpha value is -4.23. The fourth-order valence-corrected chi connectivity index (χ4v) is 5.84. The van der Waals surface area contributed by atoms with Gasteiger partial charge in [-0.05, 0) is 73.8 Å². The second kappa shape index (κ2) is 24.9. The van der Waals surface area contributed by atoms with Crippen LogP contribution in [-0.4, -0.2) is 83.2 Å². The Morgan fingerprint density at radius 2 is 1.34 bits per heavy atom. The molecule has 0 fully saturated rings. The summed E-state index contributed by atoms with van der Waals surface area (Å²) in [4.78, 5) is 76.6. The van der Waals surface area contributed by atoms with E-state index in [1.54, 1.807) is 12.1 Å². The summed E-state index contributed by atoms with van der Waals surface area (Å²) in [6.45, 7) is 8.84. The van der Waals surface area contributed by atoms with Gasteiger partial charge in [0.05, 0.1) is 0 Å². The summed E-state index contributed by atoms with van der Waals surface area (Å²) in [5.41, 5.74) is 2.18. The summed E-state index contributed by atoms with van der Waals surface area (Å²) in [6, 6.07) is 13.3. The van der Waals surface area contributed by atoms with E-state index in [-0.39, 0.29) is 30.4 Å². The van der Waals surface area contributed by atoms with Crippen molar-refractivity contribution in [1.82, 2.24) is 26.6 Å². The van der Waals surface area contributed by atoms with Crippen LogP contribution in [0.15, 0.2) is 54.6 Å². The molecule has 2 aromatic carbocycles. The summed E-state index contributed by atoms with van der Waals surface area (Å²) in [7, 11) is 0. The molecule has 4 amide bonds. The lowest BCUT2D eigenvalue weighted by molar-refractivity contribution is -0.142. The molecule has 2 aromatic rings. The normalized spacial score (nSPS) is 12.8. The molecule has 2 rings (SSSR count). The van der Waals surface area contributed by atoms with Crippen LogP contribution in [0.25, 0.3) is 0 Å². The number of carboxylic acids is 1. The van der Waals surface area contributed by atoms with Crippen molar-refractivity contribution in [2.75, 3.05) is 18.6 Å². The third-order valence-corrected chi connectivity index (χ3v) is 9.30. The van der Waals surface area contributed by atoms with Crippen LogP contribution in [0.2, 0.25) is 0 Å². The van der Waals surface area contributed by atoms with E-state index in [9.17, 15) is 33.9 Å². The van der Waals surface area contributed by atoms with Gasteiger partial charge < -0.3 is 31.7 Å². The number of hydrogen-bond donors (Lipinski definition) is 6. The number of carbonyl (C=O) groups excluding carboxylic acids is 5. The minimum absolute atomic E-state index is 0.00909. The average molecular weight is 754 g/mol. The molecular formula is C40H59N5O7S. The van der Waals surface area contributed by atoms with E-state index in [0.717, 1.165) is 11.1 Å². The Kier molecular flexibility index (Phi) is 21.1. The number of Topliss-reactive ketones (excluding diaryl/α,β-unsaturated/α-hetero) is 1. The monoisotopic (exact) mass is 753 g/mol. The molecule has 0 spiro atoms. The second-order valence-electron chi connectivity index (χ2n) is 13.9. The number of unbranched alkanes of at least 4 members (excludes halogenated alkanes) is 2. The van der Waals surface area contributed by atoms with Crippen LogP contribution in [0, 0.1) is 5.92 Å². The molecule has 0 bridgehead atoms. The lowest BCUT2D eigenvalue weighted by Gasteiger charge is -2.25. The molecule has 292 valence electrons. The largest absolute Gasteiger partial charge is 0.480 e. The number of carbonyl (C=O) groups is 6. The van der Waals surface area contributed by atoms with Gasteiger partial charge in [-0.1, -0.05) is 70.2 Å². The summed E-state index contributed by atoms with van der Waals surface area (Å²) < 4.78 is 0. The summed E-state index contributed by atoms with van der Waals surface area (Å²) in [5.74, 6) is -2.19. The number of aliphatic carboxylic acids is 1. The van der Waals surface area contributed by atoms with E-state index >= 15 is 0 Å². The fraction of sp³-hybridized carbons (Fsp3) is 0.550. The van der Waals surface area contributed by atoms with E-state index in [2.05, 4.69) is 40.4 Å². The maximum atomic E-state index is 13.7. The van der Waals surface area contributed by atoms with Gasteiger partial charge in [0.15, 0.2) is 0 Å². The van der Waals surface area contributed by atoms with E-state index in [1.165, 1.54) is 11.8 Å². The highest BCUT2D eigenvalue weighted by atomic mass is 32.2. The smallest absolute Gasteiger partial charge is 0.326 e. The van der Waals surface area contributed by atoms with E-state index in [1.807, 2.05) is 62.6 Å². The zero-order valence-corrected chi connectivity index (χ0v) is 32.7. The Morgan fingerprint density at radius 1 is 0.698 bits per heavy atom. The molecule has 0 heterocycles. The third kappa shape index (κ3) is 18.4. The number of carboxylic acid groups (broad SMARTS) is 1. The standard InChI is InChI=1S/C40H59N5O7S/c1-27(2)35(46)16-9-10-17-36(47)41-23-12-11-15-33(40(51)52)44-39(50)34(25-29-13-7-6-8-14-29)45-38(49)32(22-24-53-5)43-37(48)31-20-18-30(19-21-31)26-42-28(3)4/h6-8,13-14,18-21,27-28,32-34,42H,9-12,15-17,22-26H2,1-5H3,(H,41,47)(H,43,48)(H,44,50)(H,45,49)(H,51,52)/t32-,33-,34-/m0/s1. The Bertz CT molecular complexity index is 1450. The third-order valence-electron chi connectivity index (χ3n) is 8.66. The van der Waals surface area contributed by atoms with Gasteiger partial charge in [-0.25, -0.2) is 4.79 Å². The summed E-state index contributed by atoms with van der Waals surface area (Å²) >= 11 is 1.52. The van der Waals surface area contributed by atoms with Gasteiger partial charge in [-0.2, -0.15) is 11.8 Å². The Balaban J connectivity index is 2.02. The summed E-state index contributed by atoms with van der Waals surface area (Å²) in [5, 5.41) is 24.3. The molecule has 0 radical (unpaired) electrons. The maximum absolute atomic E-state index is 13.7. The van der Waals surface area contributed by atoms with Crippen LogP contribution in [0.4, 0.5) is 0 Å². The molecule has 0 unspecified atom stereocenters. The number of nitrogens with one attached hydrogen (secondary N) is 5. The van der Waals surface area contributed by atoms with Gasteiger partial charge in [-0.15, -0.1) is 0 Å². The van der Waals surface area contributed by atoms with E-state index in [0.29, 0.717) is 75.4 Å². The molecule has 53 heavy (non-hydrogen) atoms. The van der Waals surface area contributed by atoms with Gasteiger partial charge in [0.2, 0.25) is 17.7 Å². The van der Waals surface area contributed by atoms with Gasteiger partial charge in [-0.3, -0.25) is 24.0 Å². The van der Waals surface area contributed by atoms with Crippen molar-refractivity contribution in [3.05, 3.63) is 71.3 Å². The molecule has 3 atom stereocenters. The van der Waals surface area contributed by atoms with Crippen LogP contribution >= 0.6 is 11.8 Å². The molecule has 0 saturated carbocycles. The highest BCUT2D eigenvalue weighted by Gasteiger charge is 2.30. The fourth-order valence-electron chi connectivity index (χ4n) is 5.37. The van der Waals surface area contributed by atoms with Crippen molar-refractivity contribution < 1.29 is 33.9 Å². The van der Waals surface area contributed by atoms with Crippen LogP contribution in [0.5, 0.6) is 0 Å². The number of ketones is 1. The maximum Gasteiger partial charge on any atom is 0.326 e. The van der Waals surface area contributed by atoms with Crippen molar-refractivity contribution in [3.8, 4) is 0 Å². The highest BCUT2D eigenvalue weighted by Crippen LogP contribution is 2.11. The van der Waals surface area contributed by atoms with Gasteiger partial charge >= 0.3 is 5.97 Å². The van der Waals surface area contributed by atoms with Gasteiger partial charge in [0.25, 0.3) is 5.91 Å². The second-order valence-corrected chi connectivity index (χ2v) is 14.8. The number of rotatable bonds is 26. The Morgan fingerprint density at radius 3 is 1.96 bits per heavy atom. The number of benzene rings is 2. The molecule has 6 N–H and O–H groups in total. The van der Waals surface area contributed by atoms with E-state index in [4.69, 9.17) is 0 Å². The lowest BCUT2D eigenvalue weighted by atomic mass is 10.0. The molecule has 0 saturated heterocycles. The first-order valence-corrected chi connectivity index (χ1v) is 20.0. The molecule has 0 aliphatic carbocycles. The first-order valence-electron chi connectivity index (χ1n) is 18.6. The predicted octanol–water partition coefficient (Wildman–Crippen LogP) is 4.41. The van der Waals surface area contributed by atoms with Crippen LogP contribution < -0.4 is 26.6 Å². The zero-order valence-electron chi connectivity index (χ0n) is 31.9. The summed E-state index contributed by atoms with van der Waals surface area (Å²) in [6.07, 6.45) is 5.44. The number of thioether (sulfide) groups is 1. The minimum atomic E-state index is -1.21. The van der Waals surface area contributed by atoms with Crippen LogP contribution in [-0.2, 0) is 36.9 Å². The SMILES string of the molecule is CSCC[C@H](NC(=O)c1ccc(CNC(C)C)cc1)C(=O)N[C@@H](Cc1ccccc1)C(=O)N[C@@H](CCCCNC(=O)CCCCC(=O)C(C)C)C(=O)O. The minimum Gasteiger partial charge on any atom is -0.480 e. The first-order chi connectivity index (χ1) is 25.3. The zero-order chi connectivity index (χ0) is 39.2. The number of amides is 4. The molecule has 12 nitrogen and oxygen atoms in total. The van der Waals surface area contributed by atoms with Crippen LogP contribution in [0.1, 0.15) is 101 Å². The lowest BCUT2D eigenvalue weighted by Crippen LogP contribution is -2.56. The quantitative estimate of drug-likeness (QED) is 0.0759. The Labute approximate surface area is 318 Å². The average Bonchev–Trinajstić information content (AvgIpc) is 3.13. The van der Waals surface area contributed by atoms with Crippen molar-refractivity contribution in [3.63, 3.8) is 0 Å². The number of hydrogen-bond acceptors (Lipinski definition) is 8. The predicted molar refractivity (Wildman–Crippen MR) is 209 cm³/mol. The molecule has 0 aromatic heterocycles. The van der Waals surface area contributed by atoms with Gasteiger partial charge in [0.1, 0.15) is 23.9 Å². The first kappa shape index (κ1) is 44.9. The van der Waals surface area contributed by atoms with Gasteiger partial charge in [0, 0.05) is 49.9 Å². The molecule has 13 heteroatoms. The van der Waals surface area contributed by atoms with Crippen molar-refractivity contribution in [2.45, 2.75) is 116 Å². The van der Waals surface area contributed by atoms with Crippen molar-refractivity contribution in [2.24, 2.45) is 5.92 Å². The van der Waals surface area contributed by atoms with Crippen molar-refractivity contribution >= 4 is 47.1 Å². The molecule has 0 aliphatic rings. The topological polar surface area (TPSA) is 183 Å². The highest BCUT2D eigenvalue weighted by molar-refractivity contribution is 7.98. The molecule has 0 aliphatic heterocycles. The van der Waals surface area contributed by atoms with E-state index < -0.39 is 41.8 Å². The molecular weight excluding hydrogens is 695 g/mol. The van der Waals surface area contributed by atoms with Crippen molar-refractivity contribution in [1.29, 1.82) is 0 Å².